The smallest absolute Gasteiger partial charge is 0.390 e. The first-order chi connectivity index (χ1) is 17.6. The number of halogens is 3. The van der Waals surface area contributed by atoms with E-state index in [4.69, 9.17) is 0 Å². The normalized spacial score (nSPS) is 27.7. The van der Waals surface area contributed by atoms with Gasteiger partial charge in [0.2, 0.25) is 5.91 Å². The summed E-state index contributed by atoms with van der Waals surface area (Å²) in [6.07, 6.45) is 1.42. The van der Waals surface area contributed by atoms with Crippen LogP contribution in [0.3, 0.4) is 0 Å². The molecule has 37 heavy (non-hydrogen) atoms. The second-order valence-electron chi connectivity index (χ2n) is 10.6. The molecule has 2 aliphatic carbocycles. The molecular weight excluding hydrogens is 483 g/mol. The lowest BCUT2D eigenvalue weighted by molar-refractivity contribution is -0.137. The van der Waals surface area contributed by atoms with Gasteiger partial charge in [-0.05, 0) is 73.3 Å². The summed E-state index contributed by atoms with van der Waals surface area (Å²) < 4.78 is 38.7. The first-order valence-corrected chi connectivity index (χ1v) is 12.9. The lowest BCUT2D eigenvalue weighted by Crippen LogP contribution is -2.47. The van der Waals surface area contributed by atoms with E-state index >= 15 is 0 Å². The Hall–Kier alpha value is -2.91. The number of carbonyl (C=O) groups is 2. The van der Waals surface area contributed by atoms with Crippen LogP contribution >= 0.6 is 0 Å². The molecule has 2 amide bonds. The summed E-state index contributed by atoms with van der Waals surface area (Å²) in [6, 6.07) is 12.7. The Bertz CT molecular complexity index is 1160. The van der Waals surface area contributed by atoms with E-state index in [1.807, 2.05) is 0 Å². The van der Waals surface area contributed by atoms with Gasteiger partial charge < -0.3 is 15.7 Å². The molecule has 1 saturated carbocycles. The van der Waals surface area contributed by atoms with Gasteiger partial charge in [-0.1, -0.05) is 30.3 Å². The number of aliphatic hydroxyl groups excluding tert-OH is 1. The van der Waals surface area contributed by atoms with E-state index in [-0.39, 0.29) is 17.5 Å². The van der Waals surface area contributed by atoms with Gasteiger partial charge in [0.05, 0.1) is 24.3 Å². The predicted octanol–water partition coefficient (Wildman–Crippen LogP) is 3.42. The quantitative estimate of drug-likeness (QED) is 0.570. The summed E-state index contributed by atoms with van der Waals surface area (Å²) >= 11 is 0. The average Bonchev–Trinajstić information content (AvgIpc) is 3.43. The number of hydrogen-bond acceptors (Lipinski definition) is 4. The molecule has 2 atom stereocenters. The largest absolute Gasteiger partial charge is 0.416 e. The number of aliphatic hydroxyl groups is 1. The molecule has 1 aliphatic heterocycles. The SMILES string of the molecule is O=C(CNC(=O)c1cccc(C(F)(F)F)c1)NC1CN(C2CCC3(CCc4ccccc43)CC2)CC1O. The third-order valence-electron chi connectivity index (χ3n) is 8.42. The van der Waals surface area contributed by atoms with Crippen molar-refractivity contribution in [3.8, 4) is 0 Å². The Morgan fingerprint density at radius 1 is 1.03 bits per heavy atom. The highest BCUT2D eigenvalue weighted by atomic mass is 19.4. The van der Waals surface area contributed by atoms with Crippen molar-refractivity contribution in [1.82, 2.24) is 15.5 Å². The maximum atomic E-state index is 12.9. The first kappa shape index (κ1) is 25.7. The average molecular weight is 516 g/mol. The number of aryl methyl sites for hydroxylation is 1. The number of carbonyl (C=O) groups excluding carboxylic acids is 2. The fraction of sp³-hybridized carbons (Fsp3) is 0.500. The van der Waals surface area contributed by atoms with Crippen LogP contribution in [-0.2, 0) is 22.8 Å². The molecule has 2 unspecified atom stereocenters. The van der Waals surface area contributed by atoms with E-state index in [1.54, 1.807) is 0 Å². The minimum atomic E-state index is -4.56. The van der Waals surface area contributed by atoms with Crippen molar-refractivity contribution in [3.05, 3.63) is 70.8 Å². The topological polar surface area (TPSA) is 81.7 Å². The Kier molecular flexibility index (Phi) is 7.02. The molecule has 1 spiro atoms. The van der Waals surface area contributed by atoms with Gasteiger partial charge in [-0.3, -0.25) is 14.5 Å². The van der Waals surface area contributed by atoms with Crippen LogP contribution in [0.25, 0.3) is 0 Å². The number of amides is 2. The maximum Gasteiger partial charge on any atom is 0.416 e. The summed E-state index contributed by atoms with van der Waals surface area (Å²) in [4.78, 5) is 27.0. The molecule has 1 heterocycles. The van der Waals surface area contributed by atoms with Crippen molar-refractivity contribution in [2.24, 2.45) is 0 Å². The lowest BCUT2D eigenvalue weighted by atomic mass is 9.69. The van der Waals surface area contributed by atoms with Crippen LogP contribution < -0.4 is 10.6 Å². The van der Waals surface area contributed by atoms with Gasteiger partial charge in [0.15, 0.2) is 0 Å². The van der Waals surface area contributed by atoms with E-state index in [0.29, 0.717) is 19.1 Å². The molecule has 0 radical (unpaired) electrons. The number of fused-ring (bicyclic) bond motifs is 2. The molecule has 1 saturated heterocycles. The monoisotopic (exact) mass is 515 g/mol. The molecule has 2 aromatic rings. The van der Waals surface area contributed by atoms with Gasteiger partial charge in [-0.25, -0.2) is 0 Å². The molecule has 3 aliphatic rings. The summed E-state index contributed by atoms with van der Waals surface area (Å²) in [6.45, 7) is 0.627. The molecule has 0 bridgehead atoms. The number of hydrogen-bond donors (Lipinski definition) is 3. The van der Waals surface area contributed by atoms with Gasteiger partial charge in [-0.2, -0.15) is 13.2 Å². The number of likely N-dealkylation sites (tertiary alicyclic amines) is 1. The summed E-state index contributed by atoms with van der Waals surface area (Å²) in [5.74, 6) is -1.25. The van der Waals surface area contributed by atoms with E-state index in [2.05, 4.69) is 39.8 Å². The molecule has 9 heteroatoms. The highest BCUT2D eigenvalue weighted by molar-refractivity contribution is 5.96. The zero-order valence-electron chi connectivity index (χ0n) is 20.6. The van der Waals surface area contributed by atoms with Gasteiger partial charge in [0.25, 0.3) is 5.91 Å². The van der Waals surface area contributed by atoms with Crippen LogP contribution in [0.5, 0.6) is 0 Å². The van der Waals surface area contributed by atoms with Crippen molar-refractivity contribution in [2.75, 3.05) is 19.6 Å². The van der Waals surface area contributed by atoms with E-state index < -0.39 is 35.7 Å². The third kappa shape index (κ3) is 5.38. The molecule has 2 aromatic carbocycles. The fourth-order valence-corrected chi connectivity index (χ4v) is 6.42. The van der Waals surface area contributed by atoms with Gasteiger partial charge in [-0.15, -0.1) is 0 Å². The molecule has 3 N–H and O–H groups in total. The minimum Gasteiger partial charge on any atom is -0.390 e. The van der Waals surface area contributed by atoms with Gasteiger partial charge >= 0.3 is 6.18 Å². The zero-order chi connectivity index (χ0) is 26.2. The van der Waals surface area contributed by atoms with Crippen molar-refractivity contribution in [2.45, 2.75) is 68.3 Å². The van der Waals surface area contributed by atoms with E-state index in [1.165, 1.54) is 23.6 Å². The first-order valence-electron chi connectivity index (χ1n) is 12.9. The molecule has 198 valence electrons. The second kappa shape index (κ2) is 10.1. The van der Waals surface area contributed by atoms with Gasteiger partial charge in [0, 0.05) is 24.7 Å². The Morgan fingerprint density at radius 2 is 1.78 bits per heavy atom. The highest BCUT2D eigenvalue weighted by Crippen LogP contribution is 2.49. The molecule has 5 rings (SSSR count). The second-order valence-corrected chi connectivity index (χ2v) is 10.6. The molecular formula is C28H32F3N3O3. The molecule has 6 nitrogen and oxygen atoms in total. The van der Waals surface area contributed by atoms with Crippen molar-refractivity contribution in [1.29, 1.82) is 0 Å². The number of nitrogens with zero attached hydrogens (tertiary/aromatic N) is 1. The van der Waals surface area contributed by atoms with Crippen LogP contribution in [0.1, 0.15) is 59.2 Å². The van der Waals surface area contributed by atoms with Crippen LogP contribution in [-0.4, -0.2) is 59.6 Å². The third-order valence-corrected chi connectivity index (χ3v) is 8.42. The number of β-amino-alcohol motifs (C(OH)–C–C–N with tert-alkyl or cyclic N) is 1. The number of nitrogens with one attached hydrogen (secondary N) is 2. The fourth-order valence-electron chi connectivity index (χ4n) is 6.42. The summed E-state index contributed by atoms with van der Waals surface area (Å²) in [5, 5.41) is 15.7. The molecule has 0 aromatic heterocycles. The van der Waals surface area contributed by atoms with Crippen LogP contribution in [0, 0.1) is 0 Å². The van der Waals surface area contributed by atoms with E-state index in [9.17, 15) is 27.9 Å². The highest BCUT2D eigenvalue weighted by Gasteiger charge is 2.44. The minimum absolute atomic E-state index is 0.172. The van der Waals surface area contributed by atoms with Crippen LogP contribution in [0.2, 0.25) is 0 Å². The number of alkyl halides is 3. The molecule has 2 fully saturated rings. The summed E-state index contributed by atoms with van der Waals surface area (Å²) in [5.41, 5.74) is 2.16. The van der Waals surface area contributed by atoms with Crippen molar-refractivity contribution < 1.29 is 27.9 Å². The zero-order valence-corrected chi connectivity index (χ0v) is 20.6. The van der Waals surface area contributed by atoms with E-state index in [0.717, 1.165) is 50.3 Å². The van der Waals surface area contributed by atoms with Crippen LogP contribution in [0.15, 0.2) is 48.5 Å². The Balaban J connectivity index is 1.10. The number of benzene rings is 2. The summed E-state index contributed by atoms with van der Waals surface area (Å²) in [7, 11) is 0. The predicted molar refractivity (Wildman–Crippen MR) is 132 cm³/mol. The van der Waals surface area contributed by atoms with Crippen molar-refractivity contribution in [3.63, 3.8) is 0 Å². The Morgan fingerprint density at radius 3 is 2.54 bits per heavy atom. The maximum absolute atomic E-state index is 12.9. The van der Waals surface area contributed by atoms with Crippen molar-refractivity contribution >= 4 is 11.8 Å². The van der Waals surface area contributed by atoms with Gasteiger partial charge in [0.1, 0.15) is 0 Å². The standard InChI is InChI=1S/C28H32F3N3O3/c29-28(30,31)20-6-3-5-19(14-20)26(37)32-15-25(36)33-23-16-34(17-24(23)35)21-9-12-27(13-10-21)11-8-18-4-1-2-7-22(18)27/h1-7,14,21,23-24,35H,8-13,15-17H2,(H,32,37)(H,33,36). The Labute approximate surface area is 214 Å². The van der Waals surface area contributed by atoms with Crippen LogP contribution in [0.4, 0.5) is 13.2 Å². The number of rotatable bonds is 5. The lowest BCUT2D eigenvalue weighted by Gasteiger charge is -2.41.